The molecule has 0 spiro atoms. The lowest BCUT2D eigenvalue weighted by atomic mass is 10.1. The number of hydrogen-bond donors (Lipinski definition) is 1. The lowest BCUT2D eigenvalue weighted by Crippen LogP contribution is -2.32. The van der Waals surface area contributed by atoms with Crippen LogP contribution in [0.15, 0.2) is 35.2 Å². The minimum atomic E-state index is -3.48. The summed E-state index contributed by atoms with van der Waals surface area (Å²) in [7, 11) is -3.48. The third-order valence-corrected chi connectivity index (χ3v) is 5.68. The highest BCUT2D eigenvalue weighted by atomic mass is 35.5. The number of nitrogens with one attached hydrogen (secondary N) is 1. The summed E-state index contributed by atoms with van der Waals surface area (Å²) in [6, 6.07) is 8.39. The van der Waals surface area contributed by atoms with Crippen LogP contribution in [-0.4, -0.2) is 19.4 Å². The topological polar surface area (TPSA) is 59.1 Å². The van der Waals surface area contributed by atoms with Crippen molar-refractivity contribution < 1.29 is 8.42 Å². The molecule has 1 aliphatic rings. The van der Waals surface area contributed by atoms with E-state index in [9.17, 15) is 8.42 Å². The third-order valence-electron chi connectivity index (χ3n) is 3.95. The molecule has 21 heavy (non-hydrogen) atoms. The van der Waals surface area contributed by atoms with E-state index in [0.717, 1.165) is 24.6 Å². The van der Waals surface area contributed by atoms with Crippen LogP contribution >= 0.6 is 11.6 Å². The van der Waals surface area contributed by atoms with E-state index < -0.39 is 10.0 Å². The van der Waals surface area contributed by atoms with Crippen LogP contribution in [-0.2, 0) is 10.0 Å². The van der Waals surface area contributed by atoms with Crippen molar-refractivity contribution in [1.82, 2.24) is 9.71 Å². The Kier molecular flexibility index (Phi) is 3.90. The smallest absolute Gasteiger partial charge is 0.236 e. The molecule has 0 bridgehead atoms. The van der Waals surface area contributed by atoms with Gasteiger partial charge in [0.25, 0.3) is 0 Å². The predicted molar refractivity (Wildman–Crippen MR) is 83.9 cm³/mol. The molecule has 1 aromatic heterocycles. The van der Waals surface area contributed by atoms with Crippen LogP contribution in [0.1, 0.15) is 26.2 Å². The number of fused-ring (bicyclic) bond motifs is 1. The molecule has 1 saturated carbocycles. The number of halogens is 1. The van der Waals surface area contributed by atoms with Gasteiger partial charge in [-0.25, -0.2) is 18.1 Å². The molecule has 0 saturated heterocycles. The van der Waals surface area contributed by atoms with Crippen LogP contribution in [0.5, 0.6) is 0 Å². The first kappa shape index (κ1) is 14.8. The first-order chi connectivity index (χ1) is 9.94. The van der Waals surface area contributed by atoms with E-state index in [1.54, 1.807) is 30.3 Å². The van der Waals surface area contributed by atoms with E-state index in [4.69, 9.17) is 11.6 Å². The van der Waals surface area contributed by atoms with Crippen LogP contribution in [0.4, 0.5) is 0 Å². The van der Waals surface area contributed by atoms with Gasteiger partial charge in [0.05, 0.1) is 10.4 Å². The monoisotopic (exact) mass is 324 g/mol. The summed E-state index contributed by atoms with van der Waals surface area (Å²) in [5.41, 5.74) is 0.691. The van der Waals surface area contributed by atoms with Crippen LogP contribution < -0.4 is 4.72 Å². The van der Waals surface area contributed by atoms with Crippen LogP contribution in [0.25, 0.3) is 10.9 Å². The summed E-state index contributed by atoms with van der Waals surface area (Å²) in [5, 5.41) is 1.17. The van der Waals surface area contributed by atoms with Crippen molar-refractivity contribution in [3.05, 3.63) is 35.5 Å². The summed E-state index contributed by atoms with van der Waals surface area (Å²) < 4.78 is 27.7. The maximum Gasteiger partial charge on any atom is 0.240 e. The van der Waals surface area contributed by atoms with Gasteiger partial charge in [-0.1, -0.05) is 18.5 Å². The molecule has 2 aromatic rings. The first-order valence-corrected chi connectivity index (χ1v) is 8.89. The Hall–Kier alpha value is -1.17. The van der Waals surface area contributed by atoms with Crippen molar-refractivity contribution in [3.63, 3.8) is 0 Å². The SMILES string of the molecule is CC1CCC(NS(=O)(=O)c2ccc3nc(Cl)ccc3c2)C1. The Labute approximate surface area is 129 Å². The molecular formula is C15H17ClN2O2S. The van der Waals surface area contributed by atoms with E-state index in [-0.39, 0.29) is 10.9 Å². The number of hydrogen-bond acceptors (Lipinski definition) is 3. The van der Waals surface area contributed by atoms with Gasteiger partial charge >= 0.3 is 0 Å². The molecule has 4 nitrogen and oxygen atoms in total. The molecular weight excluding hydrogens is 308 g/mol. The Balaban J connectivity index is 1.89. The third kappa shape index (κ3) is 3.20. The number of pyridine rings is 1. The summed E-state index contributed by atoms with van der Waals surface area (Å²) in [6.45, 7) is 2.15. The molecule has 6 heteroatoms. The van der Waals surface area contributed by atoms with Crippen molar-refractivity contribution >= 4 is 32.5 Å². The van der Waals surface area contributed by atoms with Crippen molar-refractivity contribution in [2.75, 3.05) is 0 Å². The largest absolute Gasteiger partial charge is 0.240 e. The highest BCUT2D eigenvalue weighted by molar-refractivity contribution is 7.89. The van der Waals surface area contributed by atoms with Crippen molar-refractivity contribution in [3.8, 4) is 0 Å². The fourth-order valence-electron chi connectivity index (χ4n) is 2.85. The zero-order valence-corrected chi connectivity index (χ0v) is 13.3. The van der Waals surface area contributed by atoms with Crippen molar-refractivity contribution in [2.45, 2.75) is 37.1 Å². The zero-order valence-electron chi connectivity index (χ0n) is 11.7. The number of benzene rings is 1. The highest BCUT2D eigenvalue weighted by Gasteiger charge is 2.26. The minimum absolute atomic E-state index is 0.0454. The fraction of sp³-hybridized carbons (Fsp3) is 0.400. The molecule has 2 atom stereocenters. The quantitative estimate of drug-likeness (QED) is 0.881. The van der Waals surface area contributed by atoms with Gasteiger partial charge in [-0.3, -0.25) is 0 Å². The summed E-state index contributed by atoms with van der Waals surface area (Å²) in [6.07, 6.45) is 2.89. The molecule has 3 rings (SSSR count). The van der Waals surface area contributed by atoms with E-state index in [1.165, 1.54) is 0 Å². The lowest BCUT2D eigenvalue weighted by molar-refractivity contribution is 0.538. The Morgan fingerprint density at radius 3 is 2.76 bits per heavy atom. The summed E-state index contributed by atoms with van der Waals surface area (Å²) >= 11 is 5.83. The maximum absolute atomic E-state index is 12.4. The second-order valence-corrected chi connectivity index (χ2v) is 7.83. The van der Waals surface area contributed by atoms with Crippen LogP contribution in [0.2, 0.25) is 5.15 Å². The Morgan fingerprint density at radius 1 is 1.24 bits per heavy atom. The average Bonchev–Trinajstić information content (AvgIpc) is 2.82. The average molecular weight is 325 g/mol. The standard InChI is InChI=1S/C15H17ClN2O2S/c1-10-2-4-12(8-10)18-21(19,20)13-5-6-14-11(9-13)3-7-15(16)17-14/h3,5-7,9-10,12,18H,2,4,8H2,1H3. The van der Waals surface area contributed by atoms with E-state index in [0.29, 0.717) is 16.6 Å². The second-order valence-electron chi connectivity index (χ2n) is 5.72. The van der Waals surface area contributed by atoms with E-state index in [1.807, 2.05) is 0 Å². The van der Waals surface area contributed by atoms with E-state index in [2.05, 4.69) is 16.6 Å². The number of rotatable bonds is 3. The molecule has 1 aliphatic carbocycles. The van der Waals surface area contributed by atoms with E-state index >= 15 is 0 Å². The predicted octanol–water partition coefficient (Wildman–Crippen LogP) is 3.36. The minimum Gasteiger partial charge on any atom is -0.236 e. The number of aromatic nitrogens is 1. The summed E-state index contributed by atoms with van der Waals surface area (Å²) in [5.74, 6) is 0.584. The second kappa shape index (κ2) is 5.55. The highest BCUT2D eigenvalue weighted by Crippen LogP contribution is 2.26. The van der Waals surface area contributed by atoms with Gasteiger partial charge in [-0.05, 0) is 55.5 Å². The molecule has 2 unspecified atom stereocenters. The van der Waals surface area contributed by atoms with Gasteiger partial charge in [0.2, 0.25) is 10.0 Å². The Morgan fingerprint density at radius 2 is 2.05 bits per heavy atom. The van der Waals surface area contributed by atoms with Gasteiger partial charge in [0, 0.05) is 11.4 Å². The van der Waals surface area contributed by atoms with Gasteiger partial charge in [0.15, 0.2) is 0 Å². The molecule has 1 N–H and O–H groups in total. The lowest BCUT2D eigenvalue weighted by Gasteiger charge is -2.13. The van der Waals surface area contributed by atoms with Gasteiger partial charge in [-0.15, -0.1) is 0 Å². The van der Waals surface area contributed by atoms with Gasteiger partial charge in [0.1, 0.15) is 5.15 Å². The molecule has 1 aromatic carbocycles. The molecule has 0 radical (unpaired) electrons. The summed E-state index contributed by atoms with van der Waals surface area (Å²) in [4.78, 5) is 4.44. The molecule has 112 valence electrons. The van der Waals surface area contributed by atoms with Crippen LogP contribution in [0, 0.1) is 5.92 Å². The number of nitrogens with zero attached hydrogens (tertiary/aromatic N) is 1. The molecule has 0 amide bonds. The normalized spacial score (nSPS) is 22.8. The van der Waals surface area contributed by atoms with Crippen molar-refractivity contribution in [2.24, 2.45) is 5.92 Å². The zero-order chi connectivity index (χ0) is 15.0. The van der Waals surface area contributed by atoms with Crippen LogP contribution in [0.3, 0.4) is 0 Å². The van der Waals surface area contributed by atoms with Crippen molar-refractivity contribution in [1.29, 1.82) is 0 Å². The number of sulfonamides is 1. The molecule has 0 aliphatic heterocycles. The maximum atomic E-state index is 12.4. The first-order valence-electron chi connectivity index (χ1n) is 7.03. The fourth-order valence-corrected chi connectivity index (χ4v) is 4.32. The molecule has 1 heterocycles. The Bertz CT molecular complexity index is 776. The molecule has 1 fully saturated rings. The van der Waals surface area contributed by atoms with Gasteiger partial charge in [-0.2, -0.15) is 0 Å². The van der Waals surface area contributed by atoms with Gasteiger partial charge < -0.3 is 0 Å².